The van der Waals surface area contributed by atoms with Crippen LogP contribution in [0.5, 0.6) is 11.5 Å². The molecule has 0 saturated heterocycles. The Bertz CT molecular complexity index is 710. The highest BCUT2D eigenvalue weighted by molar-refractivity contribution is 5.77. The number of carbonyl (C=O) groups is 1. The SMILES string of the molecule is C[C@H](Cn1ccnc1)NC(=O)COc1cccc2c1OC(C)(C)C2. The first-order chi connectivity index (χ1) is 11.4. The van der Waals surface area contributed by atoms with Crippen LogP contribution < -0.4 is 14.8 Å². The third-order valence-corrected chi connectivity index (χ3v) is 3.87. The molecular weight excluding hydrogens is 306 g/mol. The second-order valence-electron chi connectivity index (χ2n) is 6.80. The molecule has 0 bridgehead atoms. The van der Waals surface area contributed by atoms with E-state index in [2.05, 4.69) is 10.3 Å². The number of benzene rings is 1. The molecule has 0 unspecified atom stereocenters. The van der Waals surface area contributed by atoms with Crippen LogP contribution in [0.1, 0.15) is 26.3 Å². The Morgan fingerprint density at radius 3 is 3.08 bits per heavy atom. The fourth-order valence-electron chi connectivity index (χ4n) is 2.92. The molecular formula is C18H23N3O3. The minimum absolute atomic E-state index is 0.00743. The van der Waals surface area contributed by atoms with Crippen molar-refractivity contribution in [2.24, 2.45) is 0 Å². The Hall–Kier alpha value is -2.50. The maximum atomic E-state index is 12.1. The second-order valence-corrected chi connectivity index (χ2v) is 6.80. The molecule has 0 radical (unpaired) electrons. The molecule has 128 valence electrons. The van der Waals surface area contributed by atoms with Crippen molar-refractivity contribution in [2.45, 2.75) is 45.4 Å². The summed E-state index contributed by atoms with van der Waals surface area (Å²) < 4.78 is 13.5. The Morgan fingerprint density at radius 1 is 1.50 bits per heavy atom. The van der Waals surface area contributed by atoms with Crippen molar-refractivity contribution < 1.29 is 14.3 Å². The largest absolute Gasteiger partial charge is 0.483 e. The predicted molar refractivity (Wildman–Crippen MR) is 90.2 cm³/mol. The lowest BCUT2D eigenvalue weighted by atomic mass is 10.0. The molecule has 1 atom stereocenters. The number of ether oxygens (including phenoxy) is 2. The van der Waals surface area contributed by atoms with E-state index in [1.165, 1.54) is 0 Å². The first-order valence-corrected chi connectivity index (χ1v) is 8.12. The van der Waals surface area contributed by atoms with E-state index in [0.717, 1.165) is 17.7 Å². The zero-order valence-electron chi connectivity index (χ0n) is 14.3. The minimum Gasteiger partial charge on any atom is -0.483 e. The number of hydrogen-bond donors (Lipinski definition) is 1. The van der Waals surface area contributed by atoms with Crippen LogP contribution in [0.4, 0.5) is 0 Å². The Morgan fingerprint density at radius 2 is 2.33 bits per heavy atom. The molecule has 6 nitrogen and oxygen atoms in total. The third kappa shape index (κ3) is 3.88. The van der Waals surface area contributed by atoms with Gasteiger partial charge in [0.15, 0.2) is 18.1 Å². The molecule has 2 heterocycles. The number of carbonyl (C=O) groups excluding carboxylic acids is 1. The molecule has 1 aromatic heterocycles. The van der Waals surface area contributed by atoms with Gasteiger partial charge >= 0.3 is 0 Å². The summed E-state index contributed by atoms with van der Waals surface area (Å²) in [7, 11) is 0. The third-order valence-electron chi connectivity index (χ3n) is 3.87. The average molecular weight is 329 g/mol. The van der Waals surface area contributed by atoms with E-state index < -0.39 is 0 Å². The van der Waals surface area contributed by atoms with Crippen LogP contribution in [0.3, 0.4) is 0 Å². The van der Waals surface area contributed by atoms with E-state index in [1.54, 1.807) is 12.5 Å². The van der Waals surface area contributed by atoms with Gasteiger partial charge in [0.25, 0.3) is 5.91 Å². The van der Waals surface area contributed by atoms with Gasteiger partial charge in [-0.25, -0.2) is 4.98 Å². The number of para-hydroxylation sites is 1. The summed E-state index contributed by atoms with van der Waals surface area (Å²) in [6.07, 6.45) is 6.15. The number of aromatic nitrogens is 2. The molecule has 0 saturated carbocycles. The zero-order chi connectivity index (χ0) is 17.2. The second kappa shape index (κ2) is 6.55. The maximum Gasteiger partial charge on any atom is 0.258 e. The molecule has 1 aromatic carbocycles. The van der Waals surface area contributed by atoms with Crippen molar-refractivity contribution >= 4 is 5.91 Å². The van der Waals surface area contributed by atoms with Crippen molar-refractivity contribution in [3.63, 3.8) is 0 Å². The summed E-state index contributed by atoms with van der Waals surface area (Å²) in [5.41, 5.74) is 0.884. The number of hydrogen-bond acceptors (Lipinski definition) is 4. The Balaban J connectivity index is 1.53. The fourth-order valence-corrected chi connectivity index (χ4v) is 2.92. The number of rotatable bonds is 6. The van der Waals surface area contributed by atoms with Crippen LogP contribution >= 0.6 is 0 Å². The summed E-state index contributed by atoms with van der Waals surface area (Å²) >= 11 is 0. The van der Waals surface area contributed by atoms with Gasteiger partial charge in [0, 0.05) is 37.0 Å². The van der Waals surface area contributed by atoms with E-state index >= 15 is 0 Å². The van der Waals surface area contributed by atoms with E-state index in [9.17, 15) is 4.79 Å². The fraction of sp³-hybridized carbons (Fsp3) is 0.444. The molecule has 0 spiro atoms. The lowest BCUT2D eigenvalue weighted by molar-refractivity contribution is -0.123. The normalized spacial score (nSPS) is 16.1. The highest BCUT2D eigenvalue weighted by atomic mass is 16.5. The van der Waals surface area contributed by atoms with Gasteiger partial charge in [0.2, 0.25) is 0 Å². The smallest absolute Gasteiger partial charge is 0.258 e. The number of amides is 1. The summed E-state index contributed by atoms with van der Waals surface area (Å²) in [6.45, 7) is 6.67. The molecule has 1 N–H and O–H groups in total. The minimum atomic E-state index is -0.233. The Kier molecular flexibility index (Phi) is 4.46. The van der Waals surface area contributed by atoms with E-state index in [-0.39, 0.29) is 24.2 Å². The first kappa shape index (κ1) is 16.4. The van der Waals surface area contributed by atoms with Crippen LogP contribution in [0.25, 0.3) is 0 Å². The van der Waals surface area contributed by atoms with E-state index in [4.69, 9.17) is 9.47 Å². The molecule has 3 rings (SSSR count). The van der Waals surface area contributed by atoms with Crippen molar-refractivity contribution in [1.29, 1.82) is 0 Å². The van der Waals surface area contributed by atoms with E-state index in [0.29, 0.717) is 12.3 Å². The van der Waals surface area contributed by atoms with Gasteiger partial charge in [0.05, 0.1) is 6.33 Å². The van der Waals surface area contributed by atoms with Crippen LogP contribution in [-0.4, -0.2) is 33.7 Å². The Labute approximate surface area is 141 Å². The van der Waals surface area contributed by atoms with Gasteiger partial charge in [-0.15, -0.1) is 0 Å². The molecule has 6 heteroatoms. The monoisotopic (exact) mass is 329 g/mol. The van der Waals surface area contributed by atoms with Gasteiger partial charge in [-0.05, 0) is 26.8 Å². The van der Waals surface area contributed by atoms with Gasteiger partial charge < -0.3 is 19.4 Å². The highest BCUT2D eigenvalue weighted by Gasteiger charge is 2.32. The van der Waals surface area contributed by atoms with Crippen molar-refractivity contribution in [3.8, 4) is 11.5 Å². The van der Waals surface area contributed by atoms with Gasteiger partial charge in [0.1, 0.15) is 5.60 Å². The lowest BCUT2D eigenvalue weighted by Gasteiger charge is -2.18. The number of fused-ring (bicyclic) bond motifs is 1. The van der Waals surface area contributed by atoms with Gasteiger partial charge in [-0.1, -0.05) is 12.1 Å². The molecule has 0 aliphatic carbocycles. The summed E-state index contributed by atoms with van der Waals surface area (Å²) in [4.78, 5) is 16.1. The van der Waals surface area contributed by atoms with Crippen LogP contribution in [0.2, 0.25) is 0 Å². The van der Waals surface area contributed by atoms with Crippen LogP contribution in [0.15, 0.2) is 36.9 Å². The van der Waals surface area contributed by atoms with Crippen LogP contribution in [-0.2, 0) is 17.8 Å². The van der Waals surface area contributed by atoms with E-state index in [1.807, 2.05) is 49.7 Å². The lowest BCUT2D eigenvalue weighted by Crippen LogP contribution is -2.38. The predicted octanol–water partition coefficient (Wildman–Crippen LogP) is 2.18. The molecule has 0 fully saturated rings. The summed E-state index contributed by atoms with van der Waals surface area (Å²) in [5.74, 6) is 1.22. The van der Waals surface area contributed by atoms with Crippen molar-refractivity contribution in [2.75, 3.05) is 6.61 Å². The highest BCUT2D eigenvalue weighted by Crippen LogP contribution is 2.41. The number of imidazole rings is 1. The van der Waals surface area contributed by atoms with Crippen LogP contribution in [0, 0.1) is 0 Å². The standard InChI is InChI=1S/C18H23N3O3/c1-13(10-21-8-7-19-12-21)20-16(22)11-23-15-6-4-5-14-9-18(2,3)24-17(14)15/h4-8,12-13H,9-11H2,1-3H3,(H,20,22)/t13-/m1/s1. The average Bonchev–Trinajstić information content (AvgIpc) is 3.10. The summed E-state index contributed by atoms with van der Waals surface area (Å²) in [6, 6.07) is 5.79. The maximum absolute atomic E-state index is 12.1. The topological polar surface area (TPSA) is 65.4 Å². The molecule has 1 aliphatic rings. The molecule has 2 aromatic rings. The number of nitrogens with zero attached hydrogens (tertiary/aromatic N) is 2. The first-order valence-electron chi connectivity index (χ1n) is 8.12. The zero-order valence-corrected chi connectivity index (χ0v) is 14.3. The molecule has 1 amide bonds. The van der Waals surface area contributed by atoms with Crippen molar-refractivity contribution in [1.82, 2.24) is 14.9 Å². The quantitative estimate of drug-likeness (QED) is 0.882. The number of nitrogens with one attached hydrogen (secondary N) is 1. The van der Waals surface area contributed by atoms with Crippen molar-refractivity contribution in [3.05, 3.63) is 42.5 Å². The molecule has 1 aliphatic heterocycles. The van der Waals surface area contributed by atoms with Gasteiger partial charge in [-0.3, -0.25) is 4.79 Å². The molecule has 24 heavy (non-hydrogen) atoms. The summed E-state index contributed by atoms with van der Waals surface area (Å²) in [5, 5.41) is 2.92. The van der Waals surface area contributed by atoms with Gasteiger partial charge in [-0.2, -0.15) is 0 Å².